The van der Waals surface area contributed by atoms with Crippen molar-refractivity contribution in [3.8, 4) is 0 Å². The number of nitrogens with one attached hydrogen (secondary N) is 1. The fourth-order valence-corrected chi connectivity index (χ4v) is 2.11. The van der Waals surface area contributed by atoms with Crippen molar-refractivity contribution in [2.75, 3.05) is 26.8 Å². The summed E-state index contributed by atoms with van der Waals surface area (Å²) in [5.41, 5.74) is 0. The Kier molecular flexibility index (Phi) is 5.52. The number of hydrogen-bond donors (Lipinski definition) is 3. The molecule has 104 valence electrons. The molecule has 1 saturated heterocycles. The number of carbonyl (C=O) groups excluding carboxylic acids is 1. The monoisotopic (exact) mass is 260 g/mol. The van der Waals surface area contributed by atoms with Crippen molar-refractivity contribution in [2.24, 2.45) is 0 Å². The molecule has 0 aromatic heterocycles. The first-order valence-corrected chi connectivity index (χ1v) is 5.87. The van der Waals surface area contributed by atoms with Crippen molar-refractivity contribution in [3.63, 3.8) is 0 Å². The Labute approximate surface area is 106 Å². The number of carboxylic acid groups (broad SMARTS) is 1. The van der Waals surface area contributed by atoms with Crippen molar-refractivity contribution < 1.29 is 24.5 Å². The zero-order valence-corrected chi connectivity index (χ0v) is 10.6. The number of carboxylic acids is 1. The van der Waals surface area contributed by atoms with E-state index in [9.17, 15) is 14.7 Å². The highest BCUT2D eigenvalue weighted by Gasteiger charge is 2.36. The van der Waals surface area contributed by atoms with Crippen LogP contribution in [0.5, 0.6) is 0 Å². The van der Waals surface area contributed by atoms with Crippen LogP contribution in [0, 0.1) is 0 Å². The summed E-state index contributed by atoms with van der Waals surface area (Å²) < 4.78 is 4.89. The van der Waals surface area contributed by atoms with E-state index in [1.54, 1.807) is 14.0 Å². The van der Waals surface area contributed by atoms with Gasteiger partial charge in [-0.1, -0.05) is 0 Å². The molecule has 1 fully saturated rings. The molecule has 0 aliphatic carbocycles. The minimum absolute atomic E-state index is 0.0257. The minimum atomic E-state index is -1.01. The molecule has 3 unspecified atom stereocenters. The number of hydrogen-bond acceptors (Lipinski definition) is 5. The number of aliphatic hydroxyl groups is 1. The molecule has 0 aromatic rings. The molecule has 0 saturated carbocycles. The molecule has 0 bridgehead atoms. The zero-order valence-electron chi connectivity index (χ0n) is 10.6. The highest BCUT2D eigenvalue weighted by Crippen LogP contribution is 2.17. The van der Waals surface area contributed by atoms with Crippen LogP contribution in [0.15, 0.2) is 0 Å². The van der Waals surface area contributed by atoms with Crippen LogP contribution in [0.4, 0.5) is 0 Å². The first-order valence-electron chi connectivity index (χ1n) is 5.87. The van der Waals surface area contributed by atoms with E-state index in [0.717, 1.165) is 0 Å². The molecule has 0 aromatic carbocycles. The molecule has 1 heterocycles. The molecule has 18 heavy (non-hydrogen) atoms. The zero-order chi connectivity index (χ0) is 13.7. The first kappa shape index (κ1) is 14.9. The van der Waals surface area contributed by atoms with Gasteiger partial charge >= 0.3 is 5.97 Å². The Bertz CT molecular complexity index is 310. The summed E-state index contributed by atoms with van der Waals surface area (Å²) in [4.78, 5) is 24.1. The van der Waals surface area contributed by atoms with E-state index < -0.39 is 18.1 Å². The second-order valence-corrected chi connectivity index (χ2v) is 4.60. The van der Waals surface area contributed by atoms with Crippen LogP contribution in [0.2, 0.25) is 0 Å². The molecular weight excluding hydrogens is 240 g/mol. The number of methoxy groups -OCH3 is 1. The lowest BCUT2D eigenvalue weighted by Gasteiger charge is -2.21. The van der Waals surface area contributed by atoms with Crippen LogP contribution in [-0.4, -0.2) is 72.0 Å². The van der Waals surface area contributed by atoms with Crippen LogP contribution >= 0.6 is 0 Å². The lowest BCUT2D eigenvalue weighted by atomic mass is 10.2. The van der Waals surface area contributed by atoms with Gasteiger partial charge in [0, 0.05) is 26.1 Å². The Balaban J connectivity index is 2.45. The fourth-order valence-electron chi connectivity index (χ4n) is 2.11. The number of aliphatic hydroxyl groups excluding tert-OH is 1. The van der Waals surface area contributed by atoms with Crippen molar-refractivity contribution in [3.05, 3.63) is 0 Å². The maximum absolute atomic E-state index is 11.7. The largest absolute Gasteiger partial charge is 0.480 e. The van der Waals surface area contributed by atoms with E-state index in [1.807, 2.05) is 0 Å². The van der Waals surface area contributed by atoms with E-state index >= 15 is 0 Å². The molecule has 1 aliphatic rings. The van der Waals surface area contributed by atoms with Gasteiger partial charge in [0.2, 0.25) is 5.91 Å². The molecule has 1 aliphatic heterocycles. The van der Waals surface area contributed by atoms with Crippen molar-refractivity contribution >= 4 is 11.9 Å². The minimum Gasteiger partial charge on any atom is -0.480 e. The summed E-state index contributed by atoms with van der Waals surface area (Å²) in [6, 6.07) is -0.915. The standard InChI is InChI=1S/C11H20N2O5/c1-7(6-18-2)12-10(15)5-13-4-8(14)3-9(13)11(16)17/h7-9,14H,3-6H2,1-2H3,(H,12,15)(H,16,17). The second kappa shape index (κ2) is 6.67. The maximum Gasteiger partial charge on any atom is 0.321 e. The summed E-state index contributed by atoms with van der Waals surface area (Å²) in [6.45, 7) is 2.39. The predicted octanol–water partition coefficient (Wildman–Crippen LogP) is -1.34. The second-order valence-electron chi connectivity index (χ2n) is 4.60. The summed E-state index contributed by atoms with van der Waals surface area (Å²) in [5.74, 6) is -1.27. The normalized spacial score (nSPS) is 25.9. The van der Waals surface area contributed by atoms with Gasteiger partial charge < -0.3 is 20.3 Å². The van der Waals surface area contributed by atoms with E-state index in [2.05, 4.69) is 5.32 Å². The predicted molar refractivity (Wildman–Crippen MR) is 63.1 cm³/mol. The average molecular weight is 260 g/mol. The SMILES string of the molecule is COCC(C)NC(=O)CN1CC(O)CC1C(=O)O. The van der Waals surface area contributed by atoms with Gasteiger partial charge in [0.25, 0.3) is 0 Å². The van der Waals surface area contributed by atoms with Crippen molar-refractivity contribution in [1.82, 2.24) is 10.2 Å². The highest BCUT2D eigenvalue weighted by atomic mass is 16.5. The Morgan fingerprint density at radius 3 is 2.78 bits per heavy atom. The third kappa shape index (κ3) is 4.25. The Morgan fingerprint density at radius 2 is 2.22 bits per heavy atom. The third-order valence-electron chi connectivity index (χ3n) is 2.84. The van der Waals surface area contributed by atoms with Gasteiger partial charge in [0.05, 0.1) is 19.3 Å². The molecule has 3 atom stereocenters. The number of rotatable bonds is 6. The summed E-state index contributed by atoms with van der Waals surface area (Å²) >= 11 is 0. The first-order chi connectivity index (χ1) is 8.43. The lowest BCUT2D eigenvalue weighted by molar-refractivity contribution is -0.142. The fraction of sp³-hybridized carbons (Fsp3) is 0.818. The molecule has 0 spiro atoms. The quantitative estimate of drug-likeness (QED) is 0.546. The smallest absolute Gasteiger partial charge is 0.321 e. The van der Waals surface area contributed by atoms with Crippen LogP contribution in [0.25, 0.3) is 0 Å². The third-order valence-corrected chi connectivity index (χ3v) is 2.84. The van der Waals surface area contributed by atoms with Crippen LogP contribution in [0.3, 0.4) is 0 Å². The molecule has 7 heteroatoms. The molecular formula is C11H20N2O5. The number of carbonyl (C=O) groups is 2. The van der Waals surface area contributed by atoms with Gasteiger partial charge in [-0.2, -0.15) is 0 Å². The van der Waals surface area contributed by atoms with Gasteiger partial charge in [0.1, 0.15) is 6.04 Å². The van der Waals surface area contributed by atoms with Crippen LogP contribution < -0.4 is 5.32 Å². The van der Waals surface area contributed by atoms with Crippen LogP contribution in [-0.2, 0) is 14.3 Å². The number of likely N-dealkylation sites (tertiary alicyclic amines) is 1. The number of ether oxygens (including phenoxy) is 1. The summed E-state index contributed by atoms with van der Waals surface area (Å²) in [5, 5.41) is 21.1. The van der Waals surface area contributed by atoms with E-state index in [4.69, 9.17) is 9.84 Å². The van der Waals surface area contributed by atoms with Gasteiger partial charge in [-0.15, -0.1) is 0 Å². The number of nitrogens with zero attached hydrogens (tertiary/aromatic N) is 1. The molecule has 1 rings (SSSR count). The molecule has 3 N–H and O–H groups in total. The van der Waals surface area contributed by atoms with E-state index in [-0.39, 0.29) is 31.5 Å². The average Bonchev–Trinajstić information content (AvgIpc) is 2.59. The molecule has 0 radical (unpaired) electrons. The van der Waals surface area contributed by atoms with E-state index in [1.165, 1.54) is 4.90 Å². The van der Waals surface area contributed by atoms with Gasteiger partial charge in [-0.05, 0) is 6.92 Å². The molecule has 7 nitrogen and oxygen atoms in total. The highest BCUT2D eigenvalue weighted by molar-refractivity contribution is 5.80. The Hall–Kier alpha value is -1.18. The molecule has 1 amide bonds. The van der Waals surface area contributed by atoms with Gasteiger partial charge in [0.15, 0.2) is 0 Å². The summed E-state index contributed by atoms with van der Waals surface area (Å²) in [7, 11) is 1.54. The number of aliphatic carboxylic acids is 1. The number of amides is 1. The topological polar surface area (TPSA) is 99.1 Å². The Morgan fingerprint density at radius 1 is 1.56 bits per heavy atom. The summed E-state index contributed by atoms with van der Waals surface area (Å²) in [6.07, 6.45) is -0.522. The van der Waals surface area contributed by atoms with Gasteiger partial charge in [-0.3, -0.25) is 14.5 Å². The van der Waals surface area contributed by atoms with Crippen molar-refractivity contribution in [2.45, 2.75) is 31.5 Å². The lowest BCUT2D eigenvalue weighted by Crippen LogP contribution is -2.46. The van der Waals surface area contributed by atoms with Gasteiger partial charge in [-0.25, -0.2) is 0 Å². The van der Waals surface area contributed by atoms with E-state index in [0.29, 0.717) is 6.61 Å². The maximum atomic E-state index is 11.7. The van der Waals surface area contributed by atoms with Crippen LogP contribution in [0.1, 0.15) is 13.3 Å². The number of β-amino-alcohol motifs (C(OH)–C–C–N with tert-alkyl or cyclic N) is 1. The van der Waals surface area contributed by atoms with Crippen molar-refractivity contribution in [1.29, 1.82) is 0 Å².